The fraction of sp³-hybridized carbons (Fsp3) is 0.429. The van der Waals surface area contributed by atoms with Crippen LogP contribution in [0.1, 0.15) is 56.2 Å². The second-order valence-corrected chi connectivity index (χ2v) is 11.9. The van der Waals surface area contributed by atoms with Crippen molar-refractivity contribution in [2.24, 2.45) is 0 Å². The molecule has 1 unspecified atom stereocenters. The average molecular weight is 695 g/mol. The Bertz CT molecular complexity index is 1680. The van der Waals surface area contributed by atoms with E-state index in [4.69, 9.17) is 14.2 Å². The highest BCUT2D eigenvalue weighted by Gasteiger charge is 2.71. The molecule has 1 fully saturated rings. The monoisotopic (exact) mass is 694 g/mol. The average Bonchev–Trinajstić information content (AvgIpc) is 3.32. The van der Waals surface area contributed by atoms with Crippen LogP contribution in [0.25, 0.3) is 11.1 Å². The molecule has 1 saturated heterocycles. The summed E-state index contributed by atoms with van der Waals surface area (Å²) in [5.74, 6) is 1.11. The number of carbonyl (C=O) groups is 2. The van der Waals surface area contributed by atoms with Crippen LogP contribution in [0.15, 0.2) is 60.7 Å². The van der Waals surface area contributed by atoms with Crippen molar-refractivity contribution in [2.75, 3.05) is 26.4 Å². The first-order valence-electron chi connectivity index (χ1n) is 15.9. The molecule has 0 saturated carbocycles. The molecule has 3 amide bonds. The Labute approximate surface area is 278 Å². The van der Waals surface area contributed by atoms with Crippen LogP contribution in [0.2, 0.25) is 0 Å². The highest BCUT2D eigenvalue weighted by Crippen LogP contribution is 2.50. The summed E-state index contributed by atoms with van der Waals surface area (Å²) in [6.45, 7) is 4.70. The van der Waals surface area contributed by atoms with Gasteiger partial charge in [0.2, 0.25) is 0 Å². The van der Waals surface area contributed by atoms with Crippen LogP contribution < -0.4 is 19.5 Å². The third-order valence-corrected chi connectivity index (χ3v) is 8.79. The maximum absolute atomic E-state index is 13.6. The number of benzene rings is 3. The number of aliphatic hydroxyl groups is 1. The highest BCUT2D eigenvalue weighted by molar-refractivity contribution is 6.07. The first-order chi connectivity index (χ1) is 23.2. The number of hydrogen-bond donors (Lipinski definition) is 2. The first kappa shape index (κ1) is 35.8. The van der Waals surface area contributed by atoms with Crippen LogP contribution in [0.5, 0.6) is 17.2 Å². The molecule has 2 aliphatic heterocycles. The van der Waals surface area contributed by atoms with Crippen LogP contribution in [0.3, 0.4) is 0 Å². The molecule has 2 N–H and O–H groups in total. The molecule has 1 atom stereocenters. The summed E-state index contributed by atoms with van der Waals surface area (Å²) in [5, 5.41) is 12.8. The van der Waals surface area contributed by atoms with Gasteiger partial charge in [0.15, 0.2) is 11.5 Å². The fourth-order valence-corrected chi connectivity index (χ4v) is 6.16. The third-order valence-electron chi connectivity index (χ3n) is 8.79. The standard InChI is InChI=1S/C35H36F6N2O6/c1-3-8-22-19-25(33(46,34(36,37)38)35(39,40)41)11-13-27(22)23-9-7-10-26(20-23)47-16-6-5-15-43-30(44)32(4-2,42-31(43)45)24-12-14-28-29(21-24)49-18-17-48-28/h7,9-14,19-21,46H,3-6,8,15-18H2,1-2H3,(H,42,45). The van der Waals surface area contributed by atoms with Gasteiger partial charge in [-0.2, -0.15) is 26.3 Å². The number of amides is 3. The maximum Gasteiger partial charge on any atom is 0.430 e. The number of imide groups is 1. The van der Waals surface area contributed by atoms with E-state index in [-0.39, 0.29) is 31.0 Å². The minimum Gasteiger partial charge on any atom is -0.494 e. The molecule has 2 heterocycles. The number of carbonyl (C=O) groups excluding carboxylic acids is 2. The van der Waals surface area contributed by atoms with Crippen LogP contribution in [-0.4, -0.2) is 60.7 Å². The van der Waals surface area contributed by atoms with E-state index in [1.807, 2.05) is 6.92 Å². The zero-order chi connectivity index (χ0) is 35.6. The molecule has 0 bridgehead atoms. The number of urea groups is 1. The molecular weight excluding hydrogens is 658 g/mol. The topological polar surface area (TPSA) is 97.3 Å². The van der Waals surface area contributed by atoms with E-state index in [1.165, 1.54) is 4.90 Å². The number of unbranched alkanes of at least 4 members (excludes halogenated alkanes) is 1. The number of ether oxygens (including phenoxy) is 3. The normalized spacial score (nSPS) is 18.1. The molecular formula is C35H36F6N2O6. The Morgan fingerprint density at radius 2 is 1.61 bits per heavy atom. The summed E-state index contributed by atoms with van der Waals surface area (Å²) >= 11 is 0. The Morgan fingerprint density at radius 1 is 0.898 bits per heavy atom. The molecule has 264 valence electrons. The van der Waals surface area contributed by atoms with Crippen molar-refractivity contribution >= 4 is 11.9 Å². The van der Waals surface area contributed by atoms with E-state index < -0.39 is 35.1 Å². The highest BCUT2D eigenvalue weighted by atomic mass is 19.4. The van der Waals surface area contributed by atoms with E-state index in [1.54, 1.807) is 49.4 Å². The van der Waals surface area contributed by atoms with Gasteiger partial charge < -0.3 is 24.6 Å². The Morgan fingerprint density at radius 3 is 2.29 bits per heavy atom. The lowest BCUT2D eigenvalue weighted by Gasteiger charge is -2.33. The lowest BCUT2D eigenvalue weighted by Crippen LogP contribution is -2.53. The van der Waals surface area contributed by atoms with Crippen molar-refractivity contribution < 1.29 is 55.2 Å². The number of aryl methyl sites for hydroxylation is 1. The summed E-state index contributed by atoms with van der Waals surface area (Å²) in [6.07, 6.45) is -10.2. The summed E-state index contributed by atoms with van der Waals surface area (Å²) in [7, 11) is 0. The lowest BCUT2D eigenvalue weighted by molar-refractivity contribution is -0.376. The van der Waals surface area contributed by atoms with Gasteiger partial charge in [-0.1, -0.05) is 56.7 Å². The predicted molar refractivity (Wildman–Crippen MR) is 166 cm³/mol. The van der Waals surface area contributed by atoms with Crippen LogP contribution in [0, 0.1) is 0 Å². The van der Waals surface area contributed by atoms with Gasteiger partial charge in [-0.15, -0.1) is 0 Å². The van der Waals surface area contributed by atoms with E-state index in [9.17, 15) is 41.0 Å². The second kappa shape index (κ2) is 13.8. The summed E-state index contributed by atoms with van der Waals surface area (Å²) in [5.41, 5.74) is -5.86. The molecule has 0 aliphatic carbocycles. The number of nitrogens with zero attached hydrogens (tertiary/aromatic N) is 1. The van der Waals surface area contributed by atoms with Crippen molar-refractivity contribution in [3.05, 3.63) is 77.4 Å². The predicted octanol–water partition coefficient (Wildman–Crippen LogP) is 7.41. The SMILES string of the molecule is CCCc1cc(C(O)(C(F)(F)F)C(F)(F)F)ccc1-c1cccc(OCCCCN2C(=O)NC(CC)(c3ccc4c(c3)OCCO4)C2=O)c1. The summed E-state index contributed by atoms with van der Waals surface area (Å²) in [6, 6.07) is 13.8. The van der Waals surface area contributed by atoms with Gasteiger partial charge in [-0.05, 0) is 72.2 Å². The smallest absolute Gasteiger partial charge is 0.430 e. The van der Waals surface area contributed by atoms with E-state index in [0.717, 1.165) is 12.1 Å². The van der Waals surface area contributed by atoms with Crippen molar-refractivity contribution in [2.45, 2.75) is 69.4 Å². The van der Waals surface area contributed by atoms with Gasteiger partial charge in [0.25, 0.3) is 11.5 Å². The molecule has 3 aromatic carbocycles. The minimum atomic E-state index is -5.98. The molecule has 0 aromatic heterocycles. The summed E-state index contributed by atoms with van der Waals surface area (Å²) in [4.78, 5) is 27.6. The van der Waals surface area contributed by atoms with Crippen LogP contribution in [0.4, 0.5) is 31.1 Å². The van der Waals surface area contributed by atoms with Crippen molar-refractivity contribution in [3.63, 3.8) is 0 Å². The van der Waals surface area contributed by atoms with E-state index >= 15 is 0 Å². The van der Waals surface area contributed by atoms with Gasteiger partial charge in [0.1, 0.15) is 24.5 Å². The molecule has 14 heteroatoms. The van der Waals surface area contributed by atoms with Crippen LogP contribution >= 0.6 is 0 Å². The van der Waals surface area contributed by atoms with Gasteiger partial charge >= 0.3 is 18.4 Å². The molecule has 0 spiro atoms. The van der Waals surface area contributed by atoms with Crippen molar-refractivity contribution in [3.8, 4) is 28.4 Å². The number of alkyl halides is 6. The zero-order valence-corrected chi connectivity index (χ0v) is 26.8. The van der Waals surface area contributed by atoms with Crippen LogP contribution in [-0.2, 0) is 22.4 Å². The van der Waals surface area contributed by atoms with Gasteiger partial charge in [0.05, 0.1) is 6.61 Å². The third kappa shape index (κ3) is 6.75. The fourth-order valence-electron chi connectivity index (χ4n) is 6.16. The van der Waals surface area contributed by atoms with Gasteiger partial charge in [-0.25, -0.2) is 4.79 Å². The number of rotatable bonds is 12. The first-order valence-corrected chi connectivity index (χ1v) is 15.9. The van der Waals surface area contributed by atoms with Crippen molar-refractivity contribution in [1.82, 2.24) is 10.2 Å². The molecule has 8 nitrogen and oxygen atoms in total. The van der Waals surface area contributed by atoms with Gasteiger partial charge in [0, 0.05) is 12.1 Å². The zero-order valence-electron chi connectivity index (χ0n) is 26.8. The molecule has 0 radical (unpaired) electrons. The number of halogens is 6. The Balaban J connectivity index is 1.23. The minimum absolute atomic E-state index is 0.148. The number of hydrogen-bond acceptors (Lipinski definition) is 6. The molecule has 3 aromatic rings. The molecule has 49 heavy (non-hydrogen) atoms. The number of fused-ring (bicyclic) bond motifs is 1. The van der Waals surface area contributed by atoms with E-state index in [2.05, 4.69) is 5.32 Å². The van der Waals surface area contributed by atoms with E-state index in [0.29, 0.717) is 78.9 Å². The quantitative estimate of drug-likeness (QED) is 0.117. The Kier molecular flexibility index (Phi) is 10.1. The lowest BCUT2D eigenvalue weighted by atomic mass is 9.87. The molecule has 2 aliphatic rings. The molecule has 5 rings (SSSR count). The van der Waals surface area contributed by atoms with Gasteiger partial charge in [-0.3, -0.25) is 9.69 Å². The Hall–Kier alpha value is -4.46. The summed E-state index contributed by atoms with van der Waals surface area (Å²) < 4.78 is 98.2. The van der Waals surface area contributed by atoms with Crippen molar-refractivity contribution in [1.29, 1.82) is 0 Å². The largest absolute Gasteiger partial charge is 0.494 e. The second-order valence-electron chi connectivity index (χ2n) is 11.9. The maximum atomic E-state index is 13.6. The number of nitrogens with one attached hydrogen (secondary N) is 1.